The summed E-state index contributed by atoms with van der Waals surface area (Å²) in [5, 5.41) is 0. The summed E-state index contributed by atoms with van der Waals surface area (Å²) >= 11 is 1.58. The number of likely N-dealkylation sites (tertiary alicyclic amines) is 1. The molecule has 1 amide bonds. The number of hydrogen-bond acceptors (Lipinski definition) is 4. The van der Waals surface area contributed by atoms with Crippen LogP contribution in [0, 0.1) is 6.92 Å². The first kappa shape index (κ1) is 15.8. The van der Waals surface area contributed by atoms with Crippen molar-refractivity contribution < 1.29 is 4.79 Å². The first-order valence-corrected chi connectivity index (χ1v) is 9.80. The van der Waals surface area contributed by atoms with Gasteiger partial charge in [0.15, 0.2) is 0 Å². The predicted molar refractivity (Wildman–Crippen MR) is 101 cm³/mol. The van der Waals surface area contributed by atoms with Crippen LogP contribution in [0.25, 0.3) is 11.3 Å². The molecular weight excluding hydrogens is 344 g/mol. The first-order chi connectivity index (χ1) is 12.7. The Kier molecular flexibility index (Phi) is 3.50. The zero-order valence-corrected chi connectivity index (χ0v) is 15.5. The standard InChI is InChI=1S/C20H20N4OS/c1-14-4-5-17(26-14)18(25)23-9-6-20(13-23)7-10-24-16(12-22-19(20)24)15-3-2-8-21-11-15/h2-5,8,11-12H,6-7,9-10,13H2,1H3. The number of aryl methyl sites for hydroxylation is 1. The van der Waals surface area contributed by atoms with Crippen LogP contribution in [-0.2, 0) is 12.0 Å². The van der Waals surface area contributed by atoms with Crippen molar-refractivity contribution in [2.45, 2.75) is 31.7 Å². The summed E-state index contributed by atoms with van der Waals surface area (Å²) in [5.74, 6) is 1.30. The fourth-order valence-electron chi connectivity index (χ4n) is 4.35. The Balaban J connectivity index is 1.43. The zero-order chi connectivity index (χ0) is 17.7. The van der Waals surface area contributed by atoms with Crippen LogP contribution in [0.3, 0.4) is 0 Å². The molecule has 5 heterocycles. The van der Waals surface area contributed by atoms with Crippen LogP contribution in [0.1, 0.15) is 33.2 Å². The highest BCUT2D eigenvalue weighted by Crippen LogP contribution is 2.44. The third-order valence-electron chi connectivity index (χ3n) is 5.69. The van der Waals surface area contributed by atoms with Crippen LogP contribution >= 0.6 is 11.3 Å². The third kappa shape index (κ3) is 2.32. The number of thiophene rings is 1. The van der Waals surface area contributed by atoms with E-state index in [2.05, 4.69) is 15.6 Å². The van der Waals surface area contributed by atoms with Crippen LogP contribution in [0.15, 0.2) is 42.9 Å². The summed E-state index contributed by atoms with van der Waals surface area (Å²) in [6.07, 6.45) is 7.68. The van der Waals surface area contributed by atoms with Gasteiger partial charge in [0.2, 0.25) is 0 Å². The zero-order valence-electron chi connectivity index (χ0n) is 14.7. The van der Waals surface area contributed by atoms with Crippen LogP contribution in [0.2, 0.25) is 0 Å². The molecule has 3 aromatic heterocycles. The topological polar surface area (TPSA) is 51.0 Å². The van der Waals surface area contributed by atoms with Crippen LogP contribution in [0.4, 0.5) is 0 Å². The average molecular weight is 364 g/mol. The van der Waals surface area contributed by atoms with Gasteiger partial charge in [0, 0.05) is 47.9 Å². The monoisotopic (exact) mass is 364 g/mol. The van der Waals surface area contributed by atoms with Crippen LogP contribution < -0.4 is 0 Å². The molecule has 2 aliphatic rings. The molecule has 5 rings (SSSR count). The maximum Gasteiger partial charge on any atom is 0.263 e. The van der Waals surface area contributed by atoms with Crippen molar-refractivity contribution in [2.24, 2.45) is 0 Å². The highest BCUT2D eigenvalue weighted by Gasteiger charge is 2.48. The van der Waals surface area contributed by atoms with Crippen molar-refractivity contribution in [3.05, 3.63) is 58.4 Å². The number of aromatic nitrogens is 3. The van der Waals surface area contributed by atoms with Crippen molar-refractivity contribution in [1.29, 1.82) is 0 Å². The Hall–Kier alpha value is -2.47. The highest BCUT2D eigenvalue weighted by atomic mass is 32.1. The van der Waals surface area contributed by atoms with Crippen molar-refractivity contribution in [1.82, 2.24) is 19.4 Å². The highest BCUT2D eigenvalue weighted by molar-refractivity contribution is 7.13. The number of hydrogen-bond donors (Lipinski definition) is 0. The van der Waals surface area contributed by atoms with E-state index in [0.29, 0.717) is 0 Å². The van der Waals surface area contributed by atoms with E-state index >= 15 is 0 Å². The molecule has 1 spiro atoms. The normalized spacial score (nSPS) is 21.5. The number of carbonyl (C=O) groups is 1. The molecule has 0 N–H and O–H groups in total. The van der Waals surface area contributed by atoms with E-state index in [0.717, 1.165) is 54.4 Å². The van der Waals surface area contributed by atoms with Crippen molar-refractivity contribution in [3.63, 3.8) is 0 Å². The summed E-state index contributed by atoms with van der Waals surface area (Å²) < 4.78 is 2.32. The fourth-order valence-corrected chi connectivity index (χ4v) is 5.18. The minimum atomic E-state index is 0.00240. The lowest BCUT2D eigenvalue weighted by molar-refractivity contribution is 0.0788. The second-order valence-electron chi connectivity index (χ2n) is 7.28. The summed E-state index contributed by atoms with van der Waals surface area (Å²) in [6, 6.07) is 8.00. The number of carbonyl (C=O) groups excluding carboxylic acids is 1. The molecular formula is C20H20N4OS. The smallest absolute Gasteiger partial charge is 0.263 e. The van der Waals surface area contributed by atoms with Gasteiger partial charge in [-0.2, -0.15) is 0 Å². The van der Waals surface area contributed by atoms with E-state index < -0.39 is 0 Å². The first-order valence-electron chi connectivity index (χ1n) is 8.98. The largest absolute Gasteiger partial charge is 0.337 e. The number of amides is 1. The van der Waals surface area contributed by atoms with E-state index in [1.807, 2.05) is 42.4 Å². The van der Waals surface area contributed by atoms with Gasteiger partial charge in [-0.05, 0) is 44.0 Å². The molecule has 0 bridgehead atoms. The van der Waals surface area contributed by atoms with Crippen molar-refractivity contribution >= 4 is 17.2 Å². The Labute approximate surface area is 156 Å². The van der Waals surface area contributed by atoms with Crippen molar-refractivity contribution in [3.8, 4) is 11.3 Å². The van der Waals surface area contributed by atoms with E-state index in [-0.39, 0.29) is 11.3 Å². The maximum atomic E-state index is 12.8. The van der Waals surface area contributed by atoms with Gasteiger partial charge in [0.25, 0.3) is 5.91 Å². The molecule has 1 unspecified atom stereocenters. The maximum absolute atomic E-state index is 12.8. The molecule has 3 aromatic rings. The number of nitrogens with zero attached hydrogens (tertiary/aromatic N) is 4. The molecule has 2 aliphatic heterocycles. The number of fused-ring (bicyclic) bond motifs is 2. The Morgan fingerprint density at radius 2 is 2.08 bits per heavy atom. The summed E-state index contributed by atoms with van der Waals surface area (Å²) in [4.78, 5) is 25.9. The van der Waals surface area contributed by atoms with E-state index in [1.54, 1.807) is 17.5 Å². The van der Waals surface area contributed by atoms with Gasteiger partial charge in [-0.1, -0.05) is 0 Å². The van der Waals surface area contributed by atoms with Crippen LogP contribution in [-0.4, -0.2) is 38.4 Å². The van der Waals surface area contributed by atoms with Gasteiger partial charge in [-0.25, -0.2) is 4.98 Å². The number of rotatable bonds is 2. The quantitative estimate of drug-likeness (QED) is 0.699. The van der Waals surface area contributed by atoms with Gasteiger partial charge in [0.1, 0.15) is 5.82 Å². The molecule has 0 aromatic carbocycles. The Morgan fingerprint density at radius 1 is 1.19 bits per heavy atom. The molecule has 5 nitrogen and oxygen atoms in total. The van der Waals surface area contributed by atoms with Gasteiger partial charge >= 0.3 is 0 Å². The molecule has 0 radical (unpaired) electrons. The molecule has 6 heteroatoms. The minimum absolute atomic E-state index is 0.00240. The van der Waals surface area contributed by atoms with E-state index in [1.165, 1.54) is 4.88 Å². The molecule has 0 saturated carbocycles. The molecule has 26 heavy (non-hydrogen) atoms. The fraction of sp³-hybridized carbons (Fsp3) is 0.350. The molecule has 1 saturated heterocycles. The Bertz CT molecular complexity index is 977. The Morgan fingerprint density at radius 3 is 2.85 bits per heavy atom. The van der Waals surface area contributed by atoms with Gasteiger partial charge in [-0.15, -0.1) is 11.3 Å². The lowest BCUT2D eigenvalue weighted by atomic mass is 9.85. The molecule has 1 atom stereocenters. The summed E-state index contributed by atoms with van der Waals surface area (Å²) in [5.41, 5.74) is 2.23. The van der Waals surface area contributed by atoms with E-state index in [4.69, 9.17) is 4.98 Å². The lowest BCUT2D eigenvalue weighted by Gasteiger charge is -2.22. The minimum Gasteiger partial charge on any atom is -0.337 e. The third-order valence-corrected chi connectivity index (χ3v) is 6.68. The molecule has 0 aliphatic carbocycles. The van der Waals surface area contributed by atoms with Gasteiger partial charge in [-0.3, -0.25) is 9.78 Å². The van der Waals surface area contributed by atoms with Crippen LogP contribution in [0.5, 0.6) is 0 Å². The average Bonchev–Trinajstić information content (AvgIpc) is 3.42. The molecule has 132 valence electrons. The second-order valence-corrected chi connectivity index (χ2v) is 8.57. The number of imidazole rings is 1. The lowest BCUT2D eigenvalue weighted by Crippen LogP contribution is -2.33. The summed E-state index contributed by atoms with van der Waals surface area (Å²) in [7, 11) is 0. The SMILES string of the molecule is Cc1ccc(C(=O)N2CCC3(CCn4c(-c5cccnc5)cnc43)C2)s1. The predicted octanol–water partition coefficient (Wildman–Crippen LogP) is 3.50. The van der Waals surface area contributed by atoms with Crippen molar-refractivity contribution in [2.75, 3.05) is 13.1 Å². The van der Waals surface area contributed by atoms with Gasteiger partial charge in [0.05, 0.1) is 16.8 Å². The summed E-state index contributed by atoms with van der Waals surface area (Å²) in [6.45, 7) is 4.58. The van der Waals surface area contributed by atoms with E-state index in [9.17, 15) is 4.79 Å². The second kappa shape index (κ2) is 5.77. The molecule has 1 fully saturated rings. The van der Waals surface area contributed by atoms with Gasteiger partial charge < -0.3 is 9.47 Å². The number of pyridine rings is 1.